The van der Waals surface area contributed by atoms with Crippen molar-refractivity contribution < 1.29 is 17.2 Å². The van der Waals surface area contributed by atoms with Crippen molar-refractivity contribution in [1.82, 2.24) is 4.98 Å². The zero-order valence-electron chi connectivity index (χ0n) is 9.27. The maximum absolute atomic E-state index is 13.4. The van der Waals surface area contributed by atoms with Gasteiger partial charge in [0.25, 0.3) is 10.0 Å². The van der Waals surface area contributed by atoms with Gasteiger partial charge in [-0.1, -0.05) is 11.6 Å². The molecule has 0 unspecified atom stereocenters. The highest BCUT2D eigenvalue weighted by Crippen LogP contribution is 2.25. The number of rotatable bonds is 3. The fraction of sp³-hybridized carbons (Fsp3) is 0. The van der Waals surface area contributed by atoms with E-state index in [1.54, 1.807) is 0 Å². The van der Waals surface area contributed by atoms with Gasteiger partial charge in [-0.25, -0.2) is 13.8 Å². The third-order valence-electron chi connectivity index (χ3n) is 2.15. The van der Waals surface area contributed by atoms with Crippen LogP contribution in [0.2, 0.25) is 5.02 Å². The Morgan fingerprint density at radius 2 is 1.95 bits per heavy atom. The van der Waals surface area contributed by atoms with Gasteiger partial charge in [-0.05, 0) is 30.3 Å². The van der Waals surface area contributed by atoms with Crippen LogP contribution in [0.25, 0.3) is 0 Å². The van der Waals surface area contributed by atoms with Crippen LogP contribution in [0.4, 0.5) is 14.5 Å². The zero-order valence-corrected chi connectivity index (χ0v) is 10.8. The normalized spacial score (nSPS) is 11.3. The van der Waals surface area contributed by atoms with Crippen molar-refractivity contribution >= 4 is 27.3 Å². The molecule has 8 heteroatoms. The summed E-state index contributed by atoms with van der Waals surface area (Å²) >= 11 is 5.68. The molecule has 0 aliphatic heterocycles. The number of nitrogens with one attached hydrogen (secondary N) is 1. The lowest BCUT2D eigenvalue weighted by molar-refractivity contribution is 0.556. The fourth-order valence-corrected chi connectivity index (χ4v) is 2.69. The van der Waals surface area contributed by atoms with E-state index in [1.807, 2.05) is 4.72 Å². The van der Waals surface area contributed by atoms with Gasteiger partial charge in [0.2, 0.25) is 5.03 Å². The molecule has 0 bridgehead atoms. The molecular formula is C11H7ClF2N2O2S. The molecule has 0 spiro atoms. The van der Waals surface area contributed by atoms with E-state index in [0.717, 1.165) is 30.5 Å². The van der Waals surface area contributed by atoms with Crippen molar-refractivity contribution in [2.45, 2.75) is 5.03 Å². The topological polar surface area (TPSA) is 59.1 Å². The molecule has 0 fully saturated rings. The largest absolute Gasteiger partial charge is 0.282 e. The summed E-state index contributed by atoms with van der Waals surface area (Å²) in [6, 6.07) is 5.33. The molecule has 0 saturated carbocycles. The van der Waals surface area contributed by atoms with Crippen molar-refractivity contribution in [2.75, 3.05) is 4.72 Å². The summed E-state index contributed by atoms with van der Waals surface area (Å²) in [4.78, 5) is 3.45. The molecule has 1 N–H and O–H groups in total. The van der Waals surface area contributed by atoms with Crippen LogP contribution in [0.15, 0.2) is 41.6 Å². The first-order valence-electron chi connectivity index (χ1n) is 4.98. The number of anilines is 1. The first kappa shape index (κ1) is 13.7. The minimum Gasteiger partial charge on any atom is -0.277 e. The van der Waals surface area contributed by atoms with E-state index in [1.165, 1.54) is 6.07 Å². The summed E-state index contributed by atoms with van der Waals surface area (Å²) in [6.07, 6.45) is 1.14. The van der Waals surface area contributed by atoms with Crippen LogP contribution in [-0.4, -0.2) is 13.4 Å². The number of halogens is 3. The minimum atomic E-state index is -4.22. The molecule has 0 aliphatic rings. The Bertz CT molecular complexity index is 722. The number of hydrogen-bond acceptors (Lipinski definition) is 3. The van der Waals surface area contributed by atoms with Crippen molar-refractivity contribution in [3.05, 3.63) is 53.2 Å². The predicted molar refractivity (Wildman–Crippen MR) is 66.4 cm³/mol. The van der Waals surface area contributed by atoms with E-state index in [4.69, 9.17) is 11.6 Å². The first-order valence-corrected chi connectivity index (χ1v) is 6.84. The third kappa shape index (κ3) is 2.99. The fourth-order valence-electron chi connectivity index (χ4n) is 1.33. The van der Waals surface area contributed by atoms with Crippen LogP contribution < -0.4 is 4.72 Å². The summed E-state index contributed by atoms with van der Waals surface area (Å²) < 4.78 is 52.0. The first-order chi connectivity index (χ1) is 8.90. The Hall–Kier alpha value is -1.73. The van der Waals surface area contributed by atoms with Gasteiger partial charge in [0.1, 0.15) is 5.82 Å². The molecule has 2 rings (SSSR count). The maximum atomic E-state index is 13.4. The molecule has 0 saturated heterocycles. The van der Waals surface area contributed by atoms with Crippen LogP contribution in [0.5, 0.6) is 0 Å². The smallest absolute Gasteiger partial charge is 0.277 e. The lowest BCUT2D eigenvalue weighted by Gasteiger charge is -2.09. The molecule has 1 aromatic carbocycles. The summed E-state index contributed by atoms with van der Waals surface area (Å²) in [5, 5.41) is -0.893. The molecular weight excluding hydrogens is 298 g/mol. The van der Waals surface area contributed by atoms with E-state index in [-0.39, 0.29) is 10.7 Å². The van der Waals surface area contributed by atoms with Crippen molar-refractivity contribution in [3.8, 4) is 0 Å². The van der Waals surface area contributed by atoms with Crippen molar-refractivity contribution in [1.29, 1.82) is 0 Å². The SMILES string of the molecule is O=S(=O)(Nc1ccc(F)cc1Cl)c1ncccc1F. The van der Waals surface area contributed by atoms with Gasteiger partial charge in [-0.2, -0.15) is 8.42 Å². The Morgan fingerprint density at radius 1 is 1.21 bits per heavy atom. The summed E-state index contributed by atoms with van der Waals surface area (Å²) in [7, 11) is -4.22. The summed E-state index contributed by atoms with van der Waals surface area (Å²) in [5.41, 5.74) is -0.0619. The molecule has 4 nitrogen and oxygen atoms in total. The van der Waals surface area contributed by atoms with Gasteiger partial charge in [0, 0.05) is 6.20 Å². The zero-order chi connectivity index (χ0) is 14.0. The van der Waals surface area contributed by atoms with E-state index in [0.29, 0.717) is 0 Å². The lowest BCUT2D eigenvalue weighted by atomic mass is 10.3. The number of benzene rings is 1. The molecule has 1 aromatic heterocycles. The molecule has 0 amide bonds. The second-order valence-electron chi connectivity index (χ2n) is 3.52. The molecule has 0 atom stereocenters. The van der Waals surface area contributed by atoms with Crippen LogP contribution in [-0.2, 0) is 10.0 Å². The predicted octanol–water partition coefficient (Wildman–Crippen LogP) is 2.81. The van der Waals surface area contributed by atoms with Gasteiger partial charge < -0.3 is 0 Å². The van der Waals surface area contributed by atoms with E-state index >= 15 is 0 Å². The molecule has 1 heterocycles. The van der Waals surface area contributed by atoms with Gasteiger partial charge in [0.15, 0.2) is 5.82 Å². The lowest BCUT2D eigenvalue weighted by Crippen LogP contribution is -2.16. The monoisotopic (exact) mass is 304 g/mol. The molecule has 2 aromatic rings. The third-order valence-corrected chi connectivity index (χ3v) is 3.77. The quantitative estimate of drug-likeness (QED) is 0.948. The van der Waals surface area contributed by atoms with Crippen LogP contribution in [0.1, 0.15) is 0 Å². The highest BCUT2D eigenvalue weighted by Gasteiger charge is 2.21. The minimum absolute atomic E-state index is 0.0619. The number of pyridine rings is 1. The summed E-state index contributed by atoms with van der Waals surface area (Å²) in [5.74, 6) is -1.61. The highest BCUT2D eigenvalue weighted by atomic mass is 35.5. The molecule has 19 heavy (non-hydrogen) atoms. The second kappa shape index (κ2) is 5.10. The van der Waals surface area contributed by atoms with Gasteiger partial charge in [0.05, 0.1) is 10.7 Å². The Balaban J connectivity index is 2.40. The highest BCUT2D eigenvalue weighted by molar-refractivity contribution is 7.92. The Labute approximate surface area is 113 Å². The Morgan fingerprint density at radius 3 is 2.58 bits per heavy atom. The molecule has 0 aliphatic carbocycles. The number of sulfonamides is 1. The van der Waals surface area contributed by atoms with E-state index in [2.05, 4.69) is 4.98 Å². The van der Waals surface area contributed by atoms with Gasteiger partial charge >= 0.3 is 0 Å². The van der Waals surface area contributed by atoms with Crippen molar-refractivity contribution in [3.63, 3.8) is 0 Å². The number of nitrogens with zero attached hydrogens (tertiary/aromatic N) is 1. The van der Waals surface area contributed by atoms with Crippen LogP contribution in [0, 0.1) is 11.6 Å². The molecule has 0 radical (unpaired) electrons. The average molecular weight is 305 g/mol. The maximum Gasteiger partial charge on any atom is 0.282 e. The Kier molecular flexibility index (Phi) is 3.68. The van der Waals surface area contributed by atoms with Gasteiger partial charge in [-0.15, -0.1) is 0 Å². The van der Waals surface area contributed by atoms with Gasteiger partial charge in [-0.3, -0.25) is 4.72 Å². The van der Waals surface area contributed by atoms with E-state index in [9.17, 15) is 17.2 Å². The summed E-state index contributed by atoms with van der Waals surface area (Å²) in [6.45, 7) is 0. The molecule has 100 valence electrons. The second-order valence-corrected chi connectivity index (χ2v) is 5.52. The number of aromatic nitrogens is 1. The number of hydrogen-bond donors (Lipinski definition) is 1. The van der Waals surface area contributed by atoms with Crippen LogP contribution in [0.3, 0.4) is 0 Å². The van der Waals surface area contributed by atoms with Crippen molar-refractivity contribution in [2.24, 2.45) is 0 Å². The average Bonchev–Trinajstić information content (AvgIpc) is 2.33. The standard InChI is InChI=1S/C11H7ClF2N2O2S/c12-8-6-7(13)3-4-10(8)16-19(17,18)11-9(14)2-1-5-15-11/h1-6,16H. The van der Waals surface area contributed by atoms with Crippen LogP contribution >= 0.6 is 11.6 Å². The van der Waals surface area contributed by atoms with E-state index < -0.39 is 26.7 Å².